The van der Waals surface area contributed by atoms with E-state index in [0.717, 1.165) is 0 Å². The zero-order valence-electron chi connectivity index (χ0n) is 14.3. The lowest BCUT2D eigenvalue weighted by Crippen LogP contribution is -2.57. The van der Waals surface area contributed by atoms with Gasteiger partial charge in [-0.3, -0.25) is 14.8 Å². The molecule has 1 aliphatic rings. The van der Waals surface area contributed by atoms with Gasteiger partial charge in [-0.1, -0.05) is 12.1 Å². The van der Waals surface area contributed by atoms with Gasteiger partial charge >= 0.3 is 6.18 Å². The standard InChI is InChI=1S/C17H19F4N5O/c18-13-4-2-1-3-11(13)15-12(9-24-25-15)16(27)23-10-14(17(19,20)21)26-7-5-22-6-8-26/h1-4,9,14,22H,5-8,10H2,(H,23,27)(H,24,25). The normalized spacial score (nSPS) is 16.9. The second-order valence-electron chi connectivity index (χ2n) is 6.19. The number of aromatic amines is 1. The smallest absolute Gasteiger partial charge is 0.350 e. The Morgan fingerprint density at radius 3 is 2.63 bits per heavy atom. The van der Waals surface area contributed by atoms with Gasteiger partial charge in [0.05, 0.1) is 17.5 Å². The van der Waals surface area contributed by atoms with Crippen LogP contribution in [0.5, 0.6) is 0 Å². The maximum absolute atomic E-state index is 14.0. The van der Waals surface area contributed by atoms with E-state index in [4.69, 9.17) is 0 Å². The molecular formula is C17H19F4N5O. The molecule has 0 spiro atoms. The van der Waals surface area contributed by atoms with Crippen molar-refractivity contribution in [3.05, 3.63) is 41.8 Å². The summed E-state index contributed by atoms with van der Waals surface area (Å²) in [7, 11) is 0. The number of alkyl halides is 3. The van der Waals surface area contributed by atoms with Gasteiger partial charge < -0.3 is 10.6 Å². The summed E-state index contributed by atoms with van der Waals surface area (Å²) in [5.74, 6) is -1.31. The molecule has 1 aliphatic heterocycles. The van der Waals surface area contributed by atoms with Crippen molar-refractivity contribution in [1.29, 1.82) is 0 Å². The Morgan fingerprint density at radius 2 is 1.96 bits per heavy atom. The van der Waals surface area contributed by atoms with Crippen molar-refractivity contribution in [3.8, 4) is 11.3 Å². The molecule has 1 aromatic heterocycles. The van der Waals surface area contributed by atoms with Crippen molar-refractivity contribution in [3.63, 3.8) is 0 Å². The van der Waals surface area contributed by atoms with Crippen LogP contribution in [0.4, 0.5) is 17.6 Å². The van der Waals surface area contributed by atoms with Crippen LogP contribution in [0.1, 0.15) is 10.4 Å². The molecule has 27 heavy (non-hydrogen) atoms. The minimum atomic E-state index is -4.48. The van der Waals surface area contributed by atoms with Gasteiger partial charge in [0, 0.05) is 38.3 Å². The number of rotatable bonds is 5. The van der Waals surface area contributed by atoms with E-state index in [0.29, 0.717) is 13.1 Å². The molecule has 1 atom stereocenters. The summed E-state index contributed by atoms with van der Waals surface area (Å²) in [6.07, 6.45) is -3.31. The van der Waals surface area contributed by atoms with E-state index in [1.54, 1.807) is 6.07 Å². The number of hydrogen-bond acceptors (Lipinski definition) is 4. The Hall–Kier alpha value is -2.46. The van der Waals surface area contributed by atoms with E-state index in [-0.39, 0.29) is 29.9 Å². The number of piperazine rings is 1. The minimum Gasteiger partial charge on any atom is -0.350 e. The molecule has 3 N–H and O–H groups in total. The van der Waals surface area contributed by atoms with E-state index in [1.165, 1.54) is 29.3 Å². The van der Waals surface area contributed by atoms with Crippen molar-refractivity contribution in [2.75, 3.05) is 32.7 Å². The van der Waals surface area contributed by atoms with Crippen LogP contribution < -0.4 is 10.6 Å². The van der Waals surface area contributed by atoms with Crippen LogP contribution >= 0.6 is 0 Å². The van der Waals surface area contributed by atoms with Crippen molar-refractivity contribution in [2.45, 2.75) is 12.2 Å². The Balaban J connectivity index is 1.74. The molecule has 1 amide bonds. The van der Waals surface area contributed by atoms with Crippen LogP contribution in [0.15, 0.2) is 30.5 Å². The highest BCUT2D eigenvalue weighted by molar-refractivity contribution is 5.99. The first-order valence-electron chi connectivity index (χ1n) is 8.46. The molecular weight excluding hydrogens is 366 g/mol. The summed E-state index contributed by atoms with van der Waals surface area (Å²) < 4.78 is 54.2. The number of hydrogen-bond donors (Lipinski definition) is 3. The fraction of sp³-hybridized carbons (Fsp3) is 0.412. The van der Waals surface area contributed by atoms with Crippen molar-refractivity contribution < 1.29 is 22.4 Å². The predicted octanol–water partition coefficient (Wildman–Crippen LogP) is 1.78. The third-order valence-corrected chi connectivity index (χ3v) is 4.45. The fourth-order valence-corrected chi connectivity index (χ4v) is 3.06. The zero-order valence-corrected chi connectivity index (χ0v) is 14.3. The van der Waals surface area contributed by atoms with Crippen LogP contribution in [0.25, 0.3) is 11.3 Å². The third-order valence-electron chi connectivity index (χ3n) is 4.45. The van der Waals surface area contributed by atoms with Gasteiger partial charge in [-0.25, -0.2) is 4.39 Å². The molecule has 2 aromatic rings. The van der Waals surface area contributed by atoms with Crippen molar-refractivity contribution in [1.82, 2.24) is 25.7 Å². The maximum Gasteiger partial charge on any atom is 0.405 e. The average Bonchev–Trinajstić information content (AvgIpc) is 3.11. The monoisotopic (exact) mass is 385 g/mol. The Bertz CT molecular complexity index is 786. The Kier molecular flexibility index (Phi) is 5.76. The first-order valence-corrected chi connectivity index (χ1v) is 8.46. The molecule has 0 bridgehead atoms. The Morgan fingerprint density at radius 1 is 1.26 bits per heavy atom. The van der Waals surface area contributed by atoms with Gasteiger partial charge in [-0.15, -0.1) is 0 Å². The topological polar surface area (TPSA) is 73.1 Å². The molecule has 0 aliphatic carbocycles. The minimum absolute atomic E-state index is 0.0127. The van der Waals surface area contributed by atoms with Crippen LogP contribution in [0.2, 0.25) is 0 Å². The van der Waals surface area contributed by atoms with Crippen molar-refractivity contribution >= 4 is 5.91 Å². The summed E-state index contributed by atoms with van der Waals surface area (Å²) in [6, 6.07) is 3.98. The predicted molar refractivity (Wildman–Crippen MR) is 90.6 cm³/mol. The quantitative estimate of drug-likeness (QED) is 0.686. The lowest BCUT2D eigenvalue weighted by molar-refractivity contribution is -0.183. The number of carbonyl (C=O) groups is 1. The van der Waals surface area contributed by atoms with Crippen LogP contribution in [-0.2, 0) is 0 Å². The van der Waals surface area contributed by atoms with E-state index >= 15 is 0 Å². The first-order chi connectivity index (χ1) is 12.9. The second-order valence-corrected chi connectivity index (χ2v) is 6.19. The highest BCUT2D eigenvalue weighted by Gasteiger charge is 2.43. The number of amides is 1. The lowest BCUT2D eigenvalue weighted by Gasteiger charge is -2.35. The molecule has 1 saturated heterocycles. The number of benzene rings is 1. The lowest BCUT2D eigenvalue weighted by atomic mass is 10.1. The molecule has 146 valence electrons. The first kappa shape index (κ1) is 19.3. The molecule has 1 unspecified atom stereocenters. The summed E-state index contributed by atoms with van der Waals surface area (Å²) in [4.78, 5) is 13.7. The molecule has 1 aromatic carbocycles. The van der Waals surface area contributed by atoms with Gasteiger partial charge in [0.25, 0.3) is 5.91 Å². The van der Waals surface area contributed by atoms with Gasteiger partial charge in [0.2, 0.25) is 0 Å². The van der Waals surface area contributed by atoms with Crippen LogP contribution in [0, 0.1) is 5.82 Å². The summed E-state index contributed by atoms with van der Waals surface area (Å²) in [5, 5.41) is 11.6. The van der Waals surface area contributed by atoms with E-state index in [1.807, 2.05) is 0 Å². The second kappa shape index (κ2) is 8.05. The number of halogens is 4. The molecule has 1 fully saturated rings. The van der Waals surface area contributed by atoms with Crippen LogP contribution in [-0.4, -0.2) is 65.9 Å². The van der Waals surface area contributed by atoms with Gasteiger partial charge in [-0.2, -0.15) is 18.3 Å². The van der Waals surface area contributed by atoms with Crippen molar-refractivity contribution in [2.24, 2.45) is 0 Å². The van der Waals surface area contributed by atoms with Gasteiger partial charge in [0.1, 0.15) is 11.9 Å². The number of H-pyrrole nitrogens is 1. The molecule has 3 rings (SSSR count). The number of aromatic nitrogens is 2. The highest BCUT2D eigenvalue weighted by atomic mass is 19.4. The molecule has 10 heteroatoms. The fourth-order valence-electron chi connectivity index (χ4n) is 3.06. The maximum atomic E-state index is 14.0. The molecule has 0 saturated carbocycles. The summed E-state index contributed by atoms with van der Waals surface area (Å²) in [5.41, 5.74) is 0.229. The summed E-state index contributed by atoms with van der Waals surface area (Å²) >= 11 is 0. The number of nitrogens with one attached hydrogen (secondary N) is 3. The van der Waals surface area contributed by atoms with E-state index in [2.05, 4.69) is 20.8 Å². The highest BCUT2D eigenvalue weighted by Crippen LogP contribution is 2.26. The van der Waals surface area contributed by atoms with Gasteiger partial charge in [0.15, 0.2) is 0 Å². The Labute approximate surface area is 152 Å². The molecule has 0 radical (unpaired) electrons. The van der Waals surface area contributed by atoms with Gasteiger partial charge in [-0.05, 0) is 12.1 Å². The number of carbonyl (C=O) groups excluding carboxylic acids is 1. The number of nitrogens with zero attached hydrogens (tertiary/aromatic N) is 2. The van der Waals surface area contributed by atoms with E-state index in [9.17, 15) is 22.4 Å². The van der Waals surface area contributed by atoms with E-state index < -0.39 is 30.5 Å². The van der Waals surface area contributed by atoms with Crippen LogP contribution in [0.3, 0.4) is 0 Å². The third kappa shape index (κ3) is 4.45. The molecule has 2 heterocycles. The SMILES string of the molecule is O=C(NCC(N1CCNCC1)C(F)(F)F)c1cn[nH]c1-c1ccccc1F. The largest absolute Gasteiger partial charge is 0.405 e. The average molecular weight is 385 g/mol. The summed E-state index contributed by atoms with van der Waals surface area (Å²) in [6.45, 7) is 0.808. The zero-order chi connectivity index (χ0) is 19.4. The molecule has 6 nitrogen and oxygen atoms in total.